The van der Waals surface area contributed by atoms with E-state index in [1.165, 1.54) is 44.9 Å². The fourth-order valence-corrected chi connectivity index (χ4v) is 3.13. The van der Waals surface area contributed by atoms with Crippen molar-refractivity contribution in [2.75, 3.05) is 19.6 Å². The lowest BCUT2D eigenvalue weighted by Gasteiger charge is -2.28. The first-order valence-corrected chi connectivity index (χ1v) is 7.28. The summed E-state index contributed by atoms with van der Waals surface area (Å²) in [6.07, 6.45) is 9.08. The van der Waals surface area contributed by atoms with Crippen molar-refractivity contribution in [2.45, 2.75) is 57.9 Å². The number of hydrogen-bond acceptors (Lipinski definition) is 2. The van der Waals surface area contributed by atoms with E-state index < -0.39 is 0 Å². The highest BCUT2D eigenvalue weighted by Gasteiger charge is 2.22. The summed E-state index contributed by atoms with van der Waals surface area (Å²) in [5.74, 6) is 1.10. The molecule has 0 aromatic rings. The largest absolute Gasteiger partial charge is 0.342 e. The quantitative estimate of drug-likeness (QED) is 0.814. The van der Waals surface area contributed by atoms with Crippen LogP contribution in [0.2, 0.25) is 0 Å². The average molecular weight is 238 g/mol. The number of amides is 1. The molecule has 0 radical (unpaired) electrons. The van der Waals surface area contributed by atoms with Gasteiger partial charge in [0.25, 0.3) is 0 Å². The van der Waals surface area contributed by atoms with Gasteiger partial charge in [-0.25, -0.2) is 0 Å². The fraction of sp³-hybridized carbons (Fsp3) is 0.929. The van der Waals surface area contributed by atoms with E-state index >= 15 is 0 Å². The molecular weight excluding hydrogens is 212 g/mol. The molecule has 17 heavy (non-hydrogen) atoms. The van der Waals surface area contributed by atoms with Crippen LogP contribution in [0.3, 0.4) is 0 Å². The number of carbonyl (C=O) groups excluding carboxylic acids is 1. The van der Waals surface area contributed by atoms with E-state index in [1.807, 2.05) is 4.90 Å². The van der Waals surface area contributed by atoms with Crippen LogP contribution in [-0.2, 0) is 4.79 Å². The first kappa shape index (κ1) is 12.9. The highest BCUT2D eigenvalue weighted by Crippen LogP contribution is 2.27. The molecule has 0 spiro atoms. The van der Waals surface area contributed by atoms with Gasteiger partial charge in [-0.15, -0.1) is 0 Å². The summed E-state index contributed by atoms with van der Waals surface area (Å²) in [7, 11) is 0. The van der Waals surface area contributed by atoms with E-state index in [0.717, 1.165) is 19.0 Å². The van der Waals surface area contributed by atoms with Crippen molar-refractivity contribution in [2.24, 2.45) is 5.92 Å². The molecule has 0 aromatic heterocycles. The zero-order valence-electron chi connectivity index (χ0n) is 11.1. The molecule has 1 aliphatic carbocycles. The molecule has 3 heteroatoms. The van der Waals surface area contributed by atoms with E-state index in [4.69, 9.17) is 0 Å². The lowest BCUT2D eigenvalue weighted by Crippen LogP contribution is -2.44. The highest BCUT2D eigenvalue weighted by atomic mass is 16.2. The molecule has 1 amide bonds. The number of nitrogens with one attached hydrogen (secondary N) is 1. The molecule has 0 aromatic carbocycles. The maximum Gasteiger partial charge on any atom is 0.236 e. The molecule has 1 saturated carbocycles. The van der Waals surface area contributed by atoms with Gasteiger partial charge in [-0.3, -0.25) is 4.79 Å². The van der Waals surface area contributed by atoms with Crippen molar-refractivity contribution in [1.29, 1.82) is 0 Å². The van der Waals surface area contributed by atoms with Gasteiger partial charge in [-0.1, -0.05) is 12.8 Å². The van der Waals surface area contributed by atoms with Crippen LogP contribution in [0.1, 0.15) is 51.9 Å². The molecule has 3 nitrogen and oxygen atoms in total. The van der Waals surface area contributed by atoms with Crippen molar-refractivity contribution >= 4 is 5.91 Å². The van der Waals surface area contributed by atoms with E-state index in [0.29, 0.717) is 18.5 Å². The van der Waals surface area contributed by atoms with Gasteiger partial charge in [0.2, 0.25) is 5.91 Å². The maximum atomic E-state index is 12.0. The number of carbonyl (C=O) groups is 1. The maximum absolute atomic E-state index is 12.0. The van der Waals surface area contributed by atoms with Gasteiger partial charge in [-0.05, 0) is 44.9 Å². The Labute approximate surface area is 105 Å². The Morgan fingerprint density at radius 3 is 2.47 bits per heavy atom. The highest BCUT2D eigenvalue weighted by molar-refractivity contribution is 5.78. The van der Waals surface area contributed by atoms with Crippen LogP contribution in [0.25, 0.3) is 0 Å². The number of likely N-dealkylation sites (tertiary alicyclic amines) is 1. The van der Waals surface area contributed by atoms with E-state index in [9.17, 15) is 4.79 Å². The van der Waals surface area contributed by atoms with E-state index in [1.54, 1.807) is 0 Å². The second kappa shape index (κ2) is 6.39. The number of nitrogens with zero attached hydrogens (tertiary/aromatic N) is 1. The minimum absolute atomic E-state index is 0.301. The smallest absolute Gasteiger partial charge is 0.236 e. The molecule has 2 aliphatic rings. The topological polar surface area (TPSA) is 32.3 Å². The zero-order valence-corrected chi connectivity index (χ0v) is 11.1. The van der Waals surface area contributed by atoms with Crippen LogP contribution in [-0.4, -0.2) is 36.5 Å². The SMILES string of the molecule is C[C@H](NCC(=O)N1CCCCC1)C1CCCC1. The van der Waals surface area contributed by atoms with E-state index in [2.05, 4.69) is 12.2 Å². The second-order valence-corrected chi connectivity index (χ2v) is 5.66. The summed E-state index contributed by atoms with van der Waals surface area (Å²) in [5, 5.41) is 3.43. The molecule has 0 unspecified atom stereocenters. The first-order valence-electron chi connectivity index (χ1n) is 7.28. The Balaban J connectivity index is 1.67. The van der Waals surface area contributed by atoms with Crippen LogP contribution in [0, 0.1) is 5.92 Å². The third kappa shape index (κ3) is 3.70. The van der Waals surface area contributed by atoms with Crippen molar-refractivity contribution in [3.63, 3.8) is 0 Å². The molecular formula is C14H26N2O. The molecule has 1 saturated heterocycles. The normalized spacial score (nSPS) is 23.9. The minimum Gasteiger partial charge on any atom is -0.342 e. The molecule has 2 rings (SSSR count). The Morgan fingerprint density at radius 1 is 1.18 bits per heavy atom. The molecule has 1 aliphatic heterocycles. The van der Waals surface area contributed by atoms with Crippen LogP contribution < -0.4 is 5.32 Å². The number of piperidine rings is 1. The lowest BCUT2D eigenvalue weighted by atomic mass is 10.00. The van der Waals surface area contributed by atoms with Crippen molar-refractivity contribution < 1.29 is 4.79 Å². The zero-order chi connectivity index (χ0) is 12.1. The van der Waals surface area contributed by atoms with Crippen molar-refractivity contribution in [3.05, 3.63) is 0 Å². The summed E-state index contributed by atoms with van der Waals surface area (Å²) in [6.45, 7) is 4.72. The summed E-state index contributed by atoms with van der Waals surface area (Å²) in [6, 6.07) is 0.506. The third-order valence-corrected chi connectivity index (χ3v) is 4.39. The molecule has 1 atom stereocenters. The summed E-state index contributed by atoms with van der Waals surface area (Å²) < 4.78 is 0. The van der Waals surface area contributed by atoms with Crippen molar-refractivity contribution in [1.82, 2.24) is 10.2 Å². The van der Waals surface area contributed by atoms with Gasteiger partial charge in [0.15, 0.2) is 0 Å². The lowest BCUT2D eigenvalue weighted by molar-refractivity contribution is -0.131. The van der Waals surface area contributed by atoms with Crippen LogP contribution in [0.4, 0.5) is 0 Å². The van der Waals surface area contributed by atoms with Gasteiger partial charge in [0.1, 0.15) is 0 Å². The molecule has 0 bridgehead atoms. The van der Waals surface area contributed by atoms with Gasteiger partial charge in [-0.2, -0.15) is 0 Å². The summed E-state index contributed by atoms with van der Waals surface area (Å²) in [5.41, 5.74) is 0. The number of hydrogen-bond donors (Lipinski definition) is 1. The Hall–Kier alpha value is -0.570. The summed E-state index contributed by atoms with van der Waals surface area (Å²) in [4.78, 5) is 14.0. The van der Waals surface area contributed by atoms with Gasteiger partial charge < -0.3 is 10.2 Å². The van der Waals surface area contributed by atoms with Gasteiger partial charge in [0.05, 0.1) is 6.54 Å². The molecule has 1 N–H and O–H groups in total. The van der Waals surface area contributed by atoms with Crippen LogP contribution in [0.5, 0.6) is 0 Å². The van der Waals surface area contributed by atoms with Crippen LogP contribution in [0.15, 0.2) is 0 Å². The first-order chi connectivity index (χ1) is 8.27. The Morgan fingerprint density at radius 2 is 1.82 bits per heavy atom. The van der Waals surface area contributed by atoms with E-state index in [-0.39, 0.29) is 0 Å². The predicted molar refractivity (Wildman–Crippen MR) is 69.9 cm³/mol. The van der Waals surface area contributed by atoms with Gasteiger partial charge >= 0.3 is 0 Å². The van der Waals surface area contributed by atoms with Gasteiger partial charge in [0, 0.05) is 19.1 Å². The fourth-order valence-electron chi connectivity index (χ4n) is 3.13. The van der Waals surface area contributed by atoms with Crippen LogP contribution >= 0.6 is 0 Å². The monoisotopic (exact) mass is 238 g/mol. The number of rotatable bonds is 4. The third-order valence-electron chi connectivity index (χ3n) is 4.39. The second-order valence-electron chi connectivity index (χ2n) is 5.66. The standard InChI is InChI=1S/C14H26N2O/c1-12(13-7-3-4-8-13)15-11-14(17)16-9-5-2-6-10-16/h12-13,15H,2-11H2,1H3/t12-/m0/s1. The molecule has 1 heterocycles. The Kier molecular flexibility index (Phi) is 4.84. The molecule has 98 valence electrons. The Bertz CT molecular complexity index is 243. The molecule has 2 fully saturated rings. The summed E-state index contributed by atoms with van der Waals surface area (Å²) >= 11 is 0. The van der Waals surface area contributed by atoms with Crippen molar-refractivity contribution in [3.8, 4) is 0 Å². The minimum atomic E-state index is 0.301. The predicted octanol–water partition coefficient (Wildman–Crippen LogP) is 2.17. The average Bonchev–Trinajstić information content (AvgIpc) is 2.90.